The van der Waals surface area contributed by atoms with Crippen molar-refractivity contribution >= 4 is 22.8 Å². The molecule has 0 bridgehead atoms. The summed E-state index contributed by atoms with van der Waals surface area (Å²) in [6.45, 7) is 5.05. The molecular formula is C26H30N4O2. The number of carbonyl (C=O) groups excluding carboxylic acids is 2. The van der Waals surface area contributed by atoms with Crippen LogP contribution >= 0.6 is 0 Å². The lowest BCUT2D eigenvalue weighted by atomic mass is 9.94. The van der Waals surface area contributed by atoms with E-state index in [1.165, 1.54) is 6.42 Å². The maximum Gasteiger partial charge on any atom is 0.253 e. The van der Waals surface area contributed by atoms with Crippen LogP contribution in [-0.4, -0.2) is 57.3 Å². The summed E-state index contributed by atoms with van der Waals surface area (Å²) < 4.78 is 2.11. The van der Waals surface area contributed by atoms with Gasteiger partial charge in [0.25, 0.3) is 5.91 Å². The van der Waals surface area contributed by atoms with Crippen molar-refractivity contribution in [2.75, 3.05) is 26.2 Å². The zero-order valence-corrected chi connectivity index (χ0v) is 18.7. The molecule has 0 aliphatic carbocycles. The van der Waals surface area contributed by atoms with Crippen molar-refractivity contribution < 1.29 is 9.59 Å². The zero-order valence-electron chi connectivity index (χ0n) is 18.7. The summed E-state index contributed by atoms with van der Waals surface area (Å²) in [5, 5.41) is 0. The SMILES string of the molecule is Cc1nc2cc(C(=O)N3CCC(C(=O)N4CCCCC4)CC3)ccc2n1-c1ccccc1. The first-order valence-corrected chi connectivity index (χ1v) is 11.7. The first-order chi connectivity index (χ1) is 15.6. The number of benzene rings is 2. The molecule has 3 heterocycles. The van der Waals surface area contributed by atoms with Crippen molar-refractivity contribution in [3.05, 3.63) is 59.9 Å². The number of fused-ring (bicyclic) bond motifs is 1. The van der Waals surface area contributed by atoms with E-state index in [1.54, 1.807) is 0 Å². The van der Waals surface area contributed by atoms with Gasteiger partial charge in [-0.25, -0.2) is 4.98 Å². The molecule has 3 aromatic rings. The monoisotopic (exact) mass is 430 g/mol. The fourth-order valence-electron chi connectivity index (χ4n) is 5.12. The molecule has 0 N–H and O–H groups in total. The summed E-state index contributed by atoms with van der Waals surface area (Å²) in [5.74, 6) is 1.28. The fraction of sp³-hybridized carbons (Fsp3) is 0.423. The molecule has 5 rings (SSSR count). The van der Waals surface area contributed by atoms with E-state index in [0.29, 0.717) is 24.6 Å². The lowest BCUT2D eigenvalue weighted by Gasteiger charge is -2.35. The van der Waals surface area contributed by atoms with Gasteiger partial charge in [0.1, 0.15) is 5.82 Å². The normalized spacial score (nSPS) is 17.7. The molecule has 2 aliphatic heterocycles. The largest absolute Gasteiger partial charge is 0.342 e. The predicted molar refractivity (Wildman–Crippen MR) is 125 cm³/mol. The Morgan fingerprint density at radius 2 is 1.59 bits per heavy atom. The van der Waals surface area contributed by atoms with Gasteiger partial charge >= 0.3 is 0 Å². The highest BCUT2D eigenvalue weighted by Gasteiger charge is 2.31. The maximum atomic E-state index is 13.2. The molecule has 0 spiro atoms. The zero-order chi connectivity index (χ0) is 22.1. The number of nitrogens with zero attached hydrogens (tertiary/aromatic N) is 4. The van der Waals surface area contributed by atoms with Crippen LogP contribution in [0.4, 0.5) is 0 Å². The molecule has 166 valence electrons. The van der Waals surface area contributed by atoms with Gasteiger partial charge in [-0.1, -0.05) is 18.2 Å². The Morgan fingerprint density at radius 1 is 0.875 bits per heavy atom. The molecule has 2 aliphatic rings. The maximum absolute atomic E-state index is 13.2. The lowest BCUT2D eigenvalue weighted by Crippen LogP contribution is -2.45. The second kappa shape index (κ2) is 8.77. The molecule has 6 heteroatoms. The minimum Gasteiger partial charge on any atom is -0.342 e. The van der Waals surface area contributed by atoms with Gasteiger partial charge in [0.05, 0.1) is 11.0 Å². The van der Waals surface area contributed by atoms with Crippen LogP contribution < -0.4 is 0 Å². The third-order valence-corrected chi connectivity index (χ3v) is 6.88. The number of piperidine rings is 2. The molecule has 32 heavy (non-hydrogen) atoms. The van der Waals surface area contributed by atoms with Crippen molar-refractivity contribution in [3.8, 4) is 5.69 Å². The summed E-state index contributed by atoms with van der Waals surface area (Å²) in [6.07, 6.45) is 4.97. The van der Waals surface area contributed by atoms with Gasteiger partial charge in [0, 0.05) is 43.3 Å². The standard InChI is InChI=1S/C26H30N4O2/c1-19-27-23-18-21(10-11-24(23)30(19)22-8-4-2-5-9-22)26(32)29-16-12-20(13-17-29)25(31)28-14-6-3-7-15-28/h2,4-5,8-11,18,20H,3,6-7,12-17H2,1H3. The Labute approximate surface area is 188 Å². The number of para-hydroxylation sites is 1. The number of imidazole rings is 1. The van der Waals surface area contributed by atoms with E-state index in [-0.39, 0.29) is 11.8 Å². The Bertz CT molecular complexity index is 1120. The molecule has 6 nitrogen and oxygen atoms in total. The average molecular weight is 431 g/mol. The highest BCUT2D eigenvalue weighted by atomic mass is 16.2. The minimum atomic E-state index is 0.0303. The molecular weight excluding hydrogens is 400 g/mol. The molecule has 0 atom stereocenters. The number of rotatable bonds is 3. The second-order valence-corrected chi connectivity index (χ2v) is 8.99. The van der Waals surface area contributed by atoms with E-state index in [2.05, 4.69) is 16.7 Å². The van der Waals surface area contributed by atoms with Gasteiger partial charge in [-0.2, -0.15) is 0 Å². The molecule has 2 saturated heterocycles. The van der Waals surface area contributed by atoms with E-state index in [1.807, 2.05) is 53.1 Å². The van der Waals surface area contributed by atoms with Gasteiger partial charge < -0.3 is 9.80 Å². The van der Waals surface area contributed by atoms with Gasteiger partial charge in [0.2, 0.25) is 5.91 Å². The molecule has 0 saturated carbocycles. The molecule has 1 aromatic heterocycles. The quantitative estimate of drug-likeness (QED) is 0.626. The van der Waals surface area contributed by atoms with Crippen LogP contribution in [-0.2, 0) is 4.79 Å². The average Bonchev–Trinajstić information content (AvgIpc) is 3.19. The Balaban J connectivity index is 1.29. The van der Waals surface area contributed by atoms with E-state index < -0.39 is 0 Å². The first-order valence-electron chi connectivity index (χ1n) is 11.7. The van der Waals surface area contributed by atoms with Crippen LogP contribution in [0.2, 0.25) is 0 Å². The number of aromatic nitrogens is 2. The number of carbonyl (C=O) groups is 2. The predicted octanol–water partition coefficient (Wildman–Crippen LogP) is 4.20. The smallest absolute Gasteiger partial charge is 0.253 e. The highest BCUT2D eigenvalue weighted by molar-refractivity contribution is 5.98. The van der Waals surface area contributed by atoms with Crippen LogP contribution in [0.5, 0.6) is 0 Å². The van der Waals surface area contributed by atoms with Crippen LogP contribution in [0.25, 0.3) is 16.7 Å². The molecule has 0 unspecified atom stereocenters. The van der Waals surface area contributed by atoms with Gasteiger partial charge in [0.15, 0.2) is 0 Å². The Hall–Kier alpha value is -3.15. The molecule has 2 fully saturated rings. The molecule has 0 radical (unpaired) electrons. The van der Waals surface area contributed by atoms with Gasteiger partial charge in [-0.05, 0) is 69.4 Å². The Morgan fingerprint density at radius 3 is 2.31 bits per heavy atom. The summed E-state index contributed by atoms with van der Waals surface area (Å²) >= 11 is 0. The van der Waals surface area contributed by atoms with E-state index in [4.69, 9.17) is 4.98 Å². The van der Waals surface area contributed by atoms with Gasteiger partial charge in [-0.3, -0.25) is 14.2 Å². The summed E-state index contributed by atoms with van der Waals surface area (Å²) in [5.41, 5.74) is 3.55. The number of hydrogen-bond acceptors (Lipinski definition) is 3. The van der Waals surface area contributed by atoms with Gasteiger partial charge in [-0.15, -0.1) is 0 Å². The van der Waals surface area contributed by atoms with Crippen molar-refractivity contribution in [3.63, 3.8) is 0 Å². The van der Waals surface area contributed by atoms with E-state index in [0.717, 1.165) is 61.3 Å². The highest BCUT2D eigenvalue weighted by Crippen LogP contribution is 2.26. The molecule has 2 aromatic carbocycles. The van der Waals surface area contributed by atoms with E-state index >= 15 is 0 Å². The van der Waals surface area contributed by atoms with Crippen molar-refractivity contribution in [2.24, 2.45) is 5.92 Å². The first kappa shape index (κ1) is 20.7. The van der Waals surface area contributed by atoms with Crippen molar-refractivity contribution in [1.82, 2.24) is 19.4 Å². The van der Waals surface area contributed by atoms with Crippen molar-refractivity contribution in [1.29, 1.82) is 0 Å². The van der Waals surface area contributed by atoms with Crippen LogP contribution in [0.3, 0.4) is 0 Å². The second-order valence-electron chi connectivity index (χ2n) is 8.99. The Kier molecular flexibility index (Phi) is 5.68. The summed E-state index contributed by atoms with van der Waals surface area (Å²) in [4.78, 5) is 34.6. The third-order valence-electron chi connectivity index (χ3n) is 6.88. The summed E-state index contributed by atoms with van der Waals surface area (Å²) in [7, 11) is 0. The molecule has 2 amide bonds. The number of hydrogen-bond donors (Lipinski definition) is 0. The fourth-order valence-corrected chi connectivity index (χ4v) is 5.12. The van der Waals surface area contributed by atoms with Crippen molar-refractivity contribution in [2.45, 2.75) is 39.0 Å². The van der Waals surface area contributed by atoms with E-state index in [9.17, 15) is 9.59 Å². The van der Waals surface area contributed by atoms with Crippen LogP contribution in [0, 0.1) is 12.8 Å². The third kappa shape index (κ3) is 3.90. The topological polar surface area (TPSA) is 58.4 Å². The van der Waals surface area contributed by atoms with Crippen LogP contribution in [0.15, 0.2) is 48.5 Å². The van der Waals surface area contributed by atoms with Crippen LogP contribution in [0.1, 0.15) is 48.3 Å². The minimum absolute atomic E-state index is 0.0303. The number of amides is 2. The lowest BCUT2D eigenvalue weighted by molar-refractivity contribution is -0.137. The number of likely N-dealkylation sites (tertiary alicyclic amines) is 2. The summed E-state index contributed by atoms with van der Waals surface area (Å²) in [6, 6.07) is 15.9. The number of aryl methyl sites for hydroxylation is 1.